The second kappa shape index (κ2) is 12.1. The Balaban J connectivity index is 1.85. The summed E-state index contributed by atoms with van der Waals surface area (Å²) in [6.45, 7) is 7.58. The molecule has 1 aliphatic rings. The van der Waals surface area contributed by atoms with E-state index in [4.69, 9.17) is 4.74 Å². The van der Waals surface area contributed by atoms with E-state index >= 15 is 0 Å². The minimum atomic E-state index is -2.51. The second-order valence-electron chi connectivity index (χ2n) is 7.85. The molecule has 2 atom stereocenters. The number of azo groups is 1. The summed E-state index contributed by atoms with van der Waals surface area (Å²) < 4.78 is 30.4. The van der Waals surface area contributed by atoms with E-state index in [1.54, 1.807) is 0 Å². The molecule has 0 saturated carbocycles. The van der Waals surface area contributed by atoms with Gasteiger partial charge in [-0.1, -0.05) is 38.0 Å². The molecule has 0 spiro atoms. The third-order valence-corrected chi connectivity index (χ3v) is 6.55. The number of esters is 1. The van der Waals surface area contributed by atoms with E-state index in [-0.39, 0.29) is 10.1 Å². The molecule has 0 amide bonds. The molecule has 0 radical (unpaired) electrons. The molecule has 0 aliphatic carbocycles. The molecule has 1 aliphatic heterocycles. The summed E-state index contributed by atoms with van der Waals surface area (Å²) in [5.41, 5.74) is 2.83. The smallest absolute Gasteiger partial charge is 0.369 e. The average Bonchev–Trinajstić information content (AvgIpc) is 3.26. The van der Waals surface area contributed by atoms with Crippen LogP contribution in [0.2, 0.25) is 0 Å². The summed E-state index contributed by atoms with van der Waals surface area (Å²) in [6.07, 6.45) is 5.71. The molecule has 12 heteroatoms. The van der Waals surface area contributed by atoms with Crippen LogP contribution in [0.5, 0.6) is 0 Å². The molecular formula is C21H29N6O4S2-. The summed E-state index contributed by atoms with van der Waals surface area (Å²) in [5, 5.41) is 16.3. The van der Waals surface area contributed by atoms with Crippen molar-refractivity contribution in [1.29, 1.82) is 0 Å². The number of carbonyl (C=O) groups excluding carboxylic acids is 1. The van der Waals surface area contributed by atoms with E-state index in [1.807, 2.05) is 19.1 Å². The number of hydrogen-bond donors (Lipinski definition) is 1. The number of unbranched alkanes of at least 4 members (excludes halogenated alkanes) is 2. The van der Waals surface area contributed by atoms with Crippen molar-refractivity contribution < 1.29 is 18.3 Å². The van der Waals surface area contributed by atoms with E-state index < -0.39 is 17.2 Å². The zero-order valence-corrected chi connectivity index (χ0v) is 20.7. The number of hydrogen-bond acceptors (Lipinski definition) is 10. The number of rotatable bonds is 11. The summed E-state index contributed by atoms with van der Waals surface area (Å²) >= 11 is -1.55. The number of aromatic nitrogens is 2. The molecule has 0 fully saturated rings. The molecule has 1 aromatic carbocycles. The third-order valence-electron chi connectivity index (χ3n) is 5.38. The monoisotopic (exact) mass is 493 g/mol. The zero-order valence-electron chi connectivity index (χ0n) is 19.1. The largest absolute Gasteiger partial charge is 0.755 e. The number of nitrogens with one attached hydrogen (secondary N) is 1. The van der Waals surface area contributed by atoms with Crippen LogP contribution >= 0.6 is 11.3 Å². The Morgan fingerprint density at radius 2 is 2.09 bits per heavy atom. The van der Waals surface area contributed by atoms with Gasteiger partial charge in [0.1, 0.15) is 5.69 Å². The molecule has 33 heavy (non-hydrogen) atoms. The number of ether oxygens (including phenoxy) is 1. The normalized spacial score (nSPS) is 16.6. The summed E-state index contributed by atoms with van der Waals surface area (Å²) in [7, 11) is 0. The number of fused-ring (bicyclic) bond motifs is 1. The molecule has 180 valence electrons. The lowest BCUT2D eigenvalue weighted by atomic mass is 9.95. The van der Waals surface area contributed by atoms with Crippen molar-refractivity contribution in [3.05, 3.63) is 22.7 Å². The number of nitrogens with zero attached hydrogens (tertiary/aromatic N) is 5. The highest BCUT2D eigenvalue weighted by Crippen LogP contribution is 2.39. The molecule has 2 unspecified atom stereocenters. The maximum absolute atomic E-state index is 12.0. The highest BCUT2D eigenvalue weighted by atomic mass is 32.2. The number of anilines is 2. The minimum absolute atomic E-state index is 0.102. The zero-order chi connectivity index (χ0) is 23.8. The molecular weight excluding hydrogens is 464 g/mol. The Morgan fingerprint density at radius 1 is 1.30 bits per heavy atom. The van der Waals surface area contributed by atoms with Gasteiger partial charge in [0.15, 0.2) is 0 Å². The predicted octanol–water partition coefficient (Wildman–Crippen LogP) is 5.06. The van der Waals surface area contributed by atoms with Crippen LogP contribution in [0.3, 0.4) is 0 Å². The fourth-order valence-corrected chi connectivity index (χ4v) is 4.48. The quantitative estimate of drug-likeness (QED) is 0.200. The molecule has 1 N–H and O–H groups in total. The molecule has 0 bridgehead atoms. The van der Waals surface area contributed by atoms with Crippen LogP contribution in [0.4, 0.5) is 22.2 Å². The van der Waals surface area contributed by atoms with Gasteiger partial charge in [-0.05, 0) is 50.3 Å². The van der Waals surface area contributed by atoms with Crippen molar-refractivity contribution in [1.82, 2.24) is 10.2 Å². The first-order chi connectivity index (χ1) is 15.9. The first-order valence-electron chi connectivity index (χ1n) is 11.1. The molecule has 1 aromatic heterocycles. The number of carbonyl (C=O) groups is 1. The molecule has 0 saturated heterocycles. The number of aryl methyl sites for hydroxylation is 1. The molecule has 10 nitrogen and oxygen atoms in total. The minimum Gasteiger partial charge on any atom is -0.755 e. The van der Waals surface area contributed by atoms with Crippen molar-refractivity contribution in [2.24, 2.45) is 10.2 Å². The van der Waals surface area contributed by atoms with Gasteiger partial charge in [-0.2, -0.15) is 0 Å². The van der Waals surface area contributed by atoms with E-state index in [0.717, 1.165) is 67.7 Å². The van der Waals surface area contributed by atoms with E-state index in [2.05, 4.69) is 43.9 Å². The Hall–Kier alpha value is -2.44. The maximum Gasteiger partial charge on any atom is 0.369 e. The van der Waals surface area contributed by atoms with E-state index in [1.165, 1.54) is 0 Å². The highest BCUT2D eigenvalue weighted by Gasteiger charge is 2.24. The van der Waals surface area contributed by atoms with Gasteiger partial charge in [0.25, 0.3) is 5.13 Å². The molecule has 2 aromatic rings. The Kier molecular flexibility index (Phi) is 9.27. The van der Waals surface area contributed by atoms with Gasteiger partial charge in [0.2, 0.25) is 5.01 Å². The van der Waals surface area contributed by atoms with Gasteiger partial charge >= 0.3 is 5.97 Å². The number of benzene rings is 1. The maximum atomic E-state index is 12.0. The first kappa shape index (κ1) is 25.2. The van der Waals surface area contributed by atoms with Crippen molar-refractivity contribution in [3.8, 4) is 0 Å². The van der Waals surface area contributed by atoms with Gasteiger partial charge in [-0.15, -0.1) is 20.4 Å². The fourth-order valence-electron chi connectivity index (χ4n) is 3.57. The molecule has 3 rings (SSSR count). The Bertz CT molecular complexity index is 1010. The van der Waals surface area contributed by atoms with Crippen molar-refractivity contribution in [3.63, 3.8) is 0 Å². The fraction of sp³-hybridized carbons (Fsp3) is 0.571. The van der Waals surface area contributed by atoms with Crippen LogP contribution in [-0.4, -0.2) is 44.1 Å². The van der Waals surface area contributed by atoms with Gasteiger partial charge in [-0.25, -0.2) is 4.79 Å². The van der Waals surface area contributed by atoms with Crippen molar-refractivity contribution in [2.45, 2.75) is 65.3 Å². The topological polar surface area (TPSA) is 132 Å². The third kappa shape index (κ3) is 6.78. The summed E-state index contributed by atoms with van der Waals surface area (Å²) in [6, 6.07) is 4.06. The van der Waals surface area contributed by atoms with Crippen LogP contribution in [0.25, 0.3) is 0 Å². The van der Waals surface area contributed by atoms with Gasteiger partial charge < -0.3 is 18.9 Å². The van der Waals surface area contributed by atoms with Crippen LogP contribution in [0, 0.1) is 0 Å². The van der Waals surface area contributed by atoms with Crippen LogP contribution in [0.1, 0.15) is 68.2 Å². The van der Waals surface area contributed by atoms with Gasteiger partial charge in [0, 0.05) is 29.5 Å². The van der Waals surface area contributed by atoms with Crippen LogP contribution in [-0.2, 0) is 22.4 Å². The molecule has 2 heterocycles. The van der Waals surface area contributed by atoms with Crippen molar-refractivity contribution >= 4 is 50.8 Å². The van der Waals surface area contributed by atoms with Crippen molar-refractivity contribution in [2.75, 3.05) is 22.8 Å². The SMILES string of the molecule is CCCCOC(=O)c1nnc(N=Nc2cc3c(cc2NS(=O)[O-])N(CCCC)C(C)CC3)s1. The van der Waals surface area contributed by atoms with E-state index in [0.29, 0.717) is 24.0 Å². The van der Waals surface area contributed by atoms with Gasteiger partial charge in [-0.3, -0.25) is 4.21 Å². The Morgan fingerprint density at radius 3 is 2.82 bits per heavy atom. The average molecular weight is 494 g/mol. The standard InChI is InChI=1S/C21H30N6O4S2/c1-4-6-10-27-14(3)8-9-15-12-16(17(13-18(15)27)26-33(29)30)22-24-21-25-23-19(32-21)20(28)31-11-7-5-2/h12-14,26H,4-11H2,1-3H3,(H,29,30)/p-1. The van der Waals surface area contributed by atoms with Crippen LogP contribution in [0.15, 0.2) is 22.4 Å². The highest BCUT2D eigenvalue weighted by molar-refractivity contribution is 7.80. The predicted molar refractivity (Wildman–Crippen MR) is 128 cm³/mol. The lowest BCUT2D eigenvalue weighted by molar-refractivity contribution is 0.0498. The lowest BCUT2D eigenvalue weighted by Crippen LogP contribution is -2.38. The van der Waals surface area contributed by atoms with Gasteiger partial charge in [0.05, 0.1) is 12.3 Å². The first-order valence-corrected chi connectivity index (χ1v) is 13.0. The summed E-state index contributed by atoms with van der Waals surface area (Å²) in [4.78, 5) is 14.3. The Labute approximate surface area is 200 Å². The van der Waals surface area contributed by atoms with Crippen LogP contribution < -0.4 is 9.62 Å². The summed E-state index contributed by atoms with van der Waals surface area (Å²) in [5.74, 6) is -0.540. The second-order valence-corrected chi connectivity index (χ2v) is 9.48. The van der Waals surface area contributed by atoms with E-state index in [9.17, 15) is 13.6 Å². The lowest BCUT2D eigenvalue weighted by Gasteiger charge is -2.37.